The summed E-state index contributed by atoms with van der Waals surface area (Å²) in [6, 6.07) is 10.4. The van der Waals surface area contributed by atoms with Crippen LogP contribution in [0.15, 0.2) is 48.0 Å². The minimum Gasteiger partial charge on any atom is -0.412 e. The number of benzene rings is 2. The van der Waals surface area contributed by atoms with E-state index in [0.717, 1.165) is 24.4 Å². The van der Waals surface area contributed by atoms with Crippen LogP contribution in [0.5, 0.6) is 11.5 Å². The average molecular weight is 684 g/mol. The van der Waals surface area contributed by atoms with Crippen LogP contribution in [0.1, 0.15) is 24.8 Å². The first-order valence-corrected chi connectivity index (χ1v) is 17.1. The number of piperidine rings is 2. The molecule has 8 rings (SSSR count). The number of carbonyl (C=O) groups excluding carboxylic acids is 1. The average Bonchev–Trinajstić information content (AvgIpc) is 3.40. The number of ether oxygens (including phenoxy) is 3. The molecule has 0 aromatic heterocycles. The van der Waals surface area contributed by atoms with Crippen molar-refractivity contribution in [3.05, 3.63) is 53.6 Å². The molecule has 4 fully saturated rings. The normalized spacial score (nSPS) is 32.2. The molecule has 0 radical (unpaired) electrons. The van der Waals surface area contributed by atoms with E-state index in [1.54, 1.807) is 24.7 Å². The van der Waals surface area contributed by atoms with Crippen molar-refractivity contribution in [2.75, 3.05) is 44.5 Å². The number of rotatable bonds is 3. The first-order chi connectivity index (χ1) is 19.2. The van der Waals surface area contributed by atoms with Gasteiger partial charge in [0.2, 0.25) is 5.91 Å². The van der Waals surface area contributed by atoms with Crippen LogP contribution in [0.4, 0.5) is 11.4 Å². The van der Waals surface area contributed by atoms with Crippen molar-refractivity contribution < 1.29 is 57.7 Å². The van der Waals surface area contributed by atoms with Gasteiger partial charge in [-0.2, -0.15) is 0 Å². The van der Waals surface area contributed by atoms with Crippen LogP contribution in [0.3, 0.4) is 0 Å². The molecule has 8 atom stereocenters. The van der Waals surface area contributed by atoms with Gasteiger partial charge in [0, 0.05) is 24.8 Å². The number of hydrogen-bond donors (Lipinski definition) is 3. The van der Waals surface area contributed by atoms with Crippen molar-refractivity contribution >= 4 is 35.8 Å². The van der Waals surface area contributed by atoms with Crippen LogP contribution in [0, 0.1) is 11.8 Å². The molecule has 6 aliphatic rings. The van der Waals surface area contributed by atoms with Crippen LogP contribution < -0.4 is 33.5 Å². The second kappa shape index (κ2) is 12.5. The maximum absolute atomic E-state index is 13.5. The van der Waals surface area contributed by atoms with Gasteiger partial charge in [-0.1, -0.05) is 6.08 Å². The maximum Gasteiger partial charge on any atom is -0.412 e. The predicted molar refractivity (Wildman–Crippen MR) is 159 cm³/mol. The molecule has 15 heteroatoms. The molecule has 1 aliphatic carbocycles. The first-order valence-electron chi connectivity index (χ1n) is 13.8. The van der Waals surface area contributed by atoms with Gasteiger partial charge in [0.25, 0.3) is 0 Å². The van der Waals surface area contributed by atoms with E-state index in [9.17, 15) is 12.6 Å². The van der Waals surface area contributed by atoms with Gasteiger partial charge in [0.15, 0.2) is 11.5 Å². The molecule has 2 unspecified atom stereocenters. The molecule has 1 amide bonds. The van der Waals surface area contributed by atoms with E-state index < -0.39 is 14.2 Å². The number of nitrogens with two attached hydrogens (primary N) is 1. The Morgan fingerprint density at radius 1 is 1.11 bits per heavy atom. The minimum atomic E-state index is -4.93. The van der Waals surface area contributed by atoms with Crippen molar-refractivity contribution in [3.63, 3.8) is 0 Å². The molecular weight excluding hydrogens is 641 g/mol. The number of carbonyl (C=O) groups is 1. The van der Waals surface area contributed by atoms with Gasteiger partial charge >= 0.3 is 66.1 Å². The molecule has 5 aliphatic heterocycles. The van der Waals surface area contributed by atoms with E-state index in [-0.39, 0.29) is 49.7 Å². The molecule has 1 saturated carbocycles. The van der Waals surface area contributed by atoms with Gasteiger partial charge in [-0.3, -0.25) is 4.79 Å². The summed E-state index contributed by atoms with van der Waals surface area (Å²) in [4.78, 5) is 17.3. The number of methoxy groups -OCH3 is 2. The molecule has 3 saturated heterocycles. The van der Waals surface area contributed by atoms with E-state index in [1.807, 2.05) is 0 Å². The molecule has 1 spiro atoms. The summed E-state index contributed by atoms with van der Waals surface area (Å²) in [7, 11) is 3.37. The number of nitrogen functional groups attached to an aromatic ring is 1. The molecule has 14 nitrogen and oxygen atoms in total. The summed E-state index contributed by atoms with van der Waals surface area (Å²) in [5.74, 6) is 2.63. The van der Waals surface area contributed by atoms with Gasteiger partial charge in [-0.15, -0.1) is 0 Å². The number of nitrogens with one attached hydrogen (secondary N) is 1. The quantitative estimate of drug-likeness (QED) is 0.161. The van der Waals surface area contributed by atoms with Crippen molar-refractivity contribution in [2.24, 2.45) is 11.8 Å². The van der Waals surface area contributed by atoms with Crippen LogP contribution in [-0.2, 0) is 18.7 Å². The zero-order chi connectivity index (χ0) is 28.0. The number of fused-ring (bicyclic) bond motifs is 2. The topological polar surface area (TPSA) is 265 Å². The number of hydrogen-bond acceptors (Lipinski definition) is 7. The molecule has 2 bridgehead atoms. The van der Waals surface area contributed by atoms with E-state index in [2.05, 4.69) is 23.1 Å². The van der Waals surface area contributed by atoms with Gasteiger partial charge in [0.1, 0.15) is 6.04 Å². The Balaban J connectivity index is 0.000000307. The number of nitrogens with zero attached hydrogens (tertiary/aromatic N) is 1. The molecule has 44 heavy (non-hydrogen) atoms. The fourth-order valence-corrected chi connectivity index (χ4v) is 9.86. The smallest absolute Gasteiger partial charge is 0.412 e. The van der Waals surface area contributed by atoms with Gasteiger partial charge in [-0.25, -0.2) is 0 Å². The van der Waals surface area contributed by atoms with Crippen molar-refractivity contribution in [1.29, 1.82) is 0 Å². The zero-order valence-electron chi connectivity index (χ0n) is 24.5. The Kier molecular flexibility index (Phi) is 10.1. The molecular formula is C29H42AsN3O11. The van der Waals surface area contributed by atoms with Crippen LogP contribution in [0.25, 0.3) is 0 Å². The fraction of sp³-hybridized carbons (Fsp3) is 0.483. The number of amides is 1. The third-order valence-corrected chi connectivity index (χ3v) is 12.2. The first kappa shape index (κ1) is 35.6. The maximum atomic E-state index is 13.5. The van der Waals surface area contributed by atoms with Crippen molar-refractivity contribution in [2.45, 2.75) is 42.9 Å². The SMILES string of the molecule is COc1cc2c(cc1OC)[C@@]13CC[NH+]4CC5=CCO[C@H]6CC(=O)N2[C@H]1[C@H]6[C@H]5C[C@H]43.Nc1ccc([As](=O)([O-])O)cc1.O.O.O.O. The second-order valence-electron chi connectivity index (χ2n) is 11.7. The summed E-state index contributed by atoms with van der Waals surface area (Å²) in [6.07, 6.45) is 5.22. The monoisotopic (exact) mass is 683 g/mol. The summed E-state index contributed by atoms with van der Waals surface area (Å²) in [5, 5.41) is 0. The molecule has 244 valence electrons. The third kappa shape index (κ3) is 4.94. The third-order valence-electron chi connectivity index (χ3n) is 10.2. The van der Waals surface area contributed by atoms with Crippen LogP contribution in [0.2, 0.25) is 0 Å². The Morgan fingerprint density at radius 3 is 2.41 bits per heavy atom. The van der Waals surface area contributed by atoms with E-state index in [0.29, 0.717) is 42.3 Å². The summed E-state index contributed by atoms with van der Waals surface area (Å²) < 4.78 is 47.2. The van der Waals surface area contributed by atoms with Crippen LogP contribution in [-0.4, -0.2) is 98.2 Å². The number of anilines is 2. The Morgan fingerprint density at radius 2 is 1.77 bits per heavy atom. The Hall–Kier alpha value is -2.91. The van der Waals surface area contributed by atoms with Gasteiger partial charge < -0.3 is 45.9 Å². The van der Waals surface area contributed by atoms with E-state index in [4.69, 9.17) is 24.0 Å². The molecule has 2 aromatic carbocycles. The molecule has 5 heterocycles. The van der Waals surface area contributed by atoms with Crippen molar-refractivity contribution in [3.8, 4) is 11.5 Å². The van der Waals surface area contributed by atoms with Gasteiger partial charge in [0.05, 0.1) is 63.6 Å². The fourth-order valence-electron chi connectivity index (χ4n) is 8.76. The summed E-state index contributed by atoms with van der Waals surface area (Å²) >= 11 is -4.93. The Labute approximate surface area is 257 Å². The van der Waals surface area contributed by atoms with Gasteiger partial charge in [-0.05, 0) is 23.1 Å². The molecule has 12 N–H and O–H groups in total. The van der Waals surface area contributed by atoms with E-state index >= 15 is 0 Å². The van der Waals surface area contributed by atoms with E-state index in [1.165, 1.54) is 42.8 Å². The molecule has 2 aromatic rings. The minimum absolute atomic E-state index is 0. The number of quaternary nitrogens is 1. The largest absolute Gasteiger partial charge is 0.412 e. The standard InChI is InChI=1S/C23H26N2O4.C6H8AsNO3.4H2O/c1-27-16-8-14-15(9-17(16)28-2)25-20(26)10-18-21-13-7-19-23(14,22(21)25)4-5-24(19)11-12(13)3-6-29-18;8-6-3-1-5(2-4-6)7(9,10)11;;;;/h3,8-9,13,18-19,21-22H,4-7,10-11H2,1-2H3;1-4H,8H2,(H2,9,10,11);4*1H2/t13-,18-,19-,21-,22-,23+;;;;;/m0...../s1. The summed E-state index contributed by atoms with van der Waals surface area (Å²) in [5.41, 5.74) is 9.73. The zero-order valence-corrected chi connectivity index (χ0v) is 26.4. The Bertz CT molecular complexity index is 1470. The summed E-state index contributed by atoms with van der Waals surface area (Å²) in [6.45, 7) is 2.98. The second-order valence-corrected chi connectivity index (χ2v) is 15.0. The van der Waals surface area contributed by atoms with Crippen LogP contribution >= 0.6 is 0 Å². The van der Waals surface area contributed by atoms with Crippen molar-refractivity contribution in [1.82, 2.24) is 0 Å². The predicted octanol–water partition coefficient (Wildman–Crippen LogP) is -4.41.